The highest BCUT2D eigenvalue weighted by molar-refractivity contribution is 5.10. The maximum atomic E-state index is 9.51. The van der Waals surface area contributed by atoms with E-state index in [0.717, 1.165) is 44.1 Å². The fourth-order valence-electron chi connectivity index (χ4n) is 3.69. The molecule has 0 spiro atoms. The van der Waals surface area contributed by atoms with Crippen LogP contribution in [0.15, 0.2) is 35.5 Å². The fourth-order valence-corrected chi connectivity index (χ4v) is 3.69. The lowest BCUT2D eigenvalue weighted by Gasteiger charge is -2.25. The van der Waals surface area contributed by atoms with Gasteiger partial charge in [-0.2, -0.15) is 0 Å². The Bertz CT molecular complexity index is 447. The summed E-state index contributed by atoms with van der Waals surface area (Å²) < 4.78 is 5.86. The first kappa shape index (κ1) is 17.5. The van der Waals surface area contributed by atoms with Gasteiger partial charge in [0, 0.05) is 0 Å². The summed E-state index contributed by atoms with van der Waals surface area (Å²) in [7, 11) is 0. The highest BCUT2D eigenvalue weighted by Gasteiger charge is 2.40. The molecule has 1 fully saturated rings. The quantitative estimate of drug-likeness (QED) is 0.587. The number of hydrogen-bond acceptors (Lipinski definition) is 2. The first-order valence-electron chi connectivity index (χ1n) is 8.76. The van der Waals surface area contributed by atoms with Crippen LogP contribution in [0.3, 0.4) is 0 Å². The standard InChI is InChI=1S/C20H32O2/c1-14-7-5-9-15(2)11-16(3)18(17(4)13-21)12-20-19(22-20)10-6-8-14/h8-9,16,18-21H,4-7,10-13H2,1-3H3/b14-8-,15-9-/t16?,18-,19+,20-/m0/s1. The maximum absolute atomic E-state index is 9.51. The van der Waals surface area contributed by atoms with E-state index < -0.39 is 0 Å². The van der Waals surface area contributed by atoms with Crippen molar-refractivity contribution in [2.45, 2.75) is 71.5 Å². The molecule has 1 unspecified atom stereocenters. The molecule has 0 radical (unpaired) electrons. The zero-order valence-electron chi connectivity index (χ0n) is 14.5. The zero-order valence-corrected chi connectivity index (χ0v) is 14.5. The SMILES string of the molecule is C=C(CO)[C@H]1C[C@@H]2O[C@@H]2CC/C=C(/C)CC/C=C(/C)CC1C. The van der Waals surface area contributed by atoms with Crippen molar-refractivity contribution in [2.75, 3.05) is 6.61 Å². The number of hydrogen-bond donors (Lipinski definition) is 1. The van der Waals surface area contributed by atoms with Gasteiger partial charge in [0.2, 0.25) is 0 Å². The van der Waals surface area contributed by atoms with Gasteiger partial charge < -0.3 is 9.84 Å². The second kappa shape index (κ2) is 8.12. The highest BCUT2D eigenvalue weighted by Crippen LogP contribution is 2.38. The van der Waals surface area contributed by atoms with Crippen molar-refractivity contribution in [3.63, 3.8) is 0 Å². The van der Waals surface area contributed by atoms with Crippen molar-refractivity contribution in [3.8, 4) is 0 Å². The molecule has 0 aromatic carbocycles. The van der Waals surface area contributed by atoms with Gasteiger partial charge in [0.1, 0.15) is 0 Å². The van der Waals surface area contributed by atoms with E-state index in [1.54, 1.807) is 0 Å². The second-order valence-corrected chi connectivity index (χ2v) is 7.27. The lowest BCUT2D eigenvalue weighted by molar-refractivity contribution is 0.266. The molecule has 1 aliphatic carbocycles. The molecule has 0 bridgehead atoms. The van der Waals surface area contributed by atoms with Crippen molar-refractivity contribution >= 4 is 0 Å². The first-order chi connectivity index (χ1) is 10.5. The van der Waals surface area contributed by atoms with Gasteiger partial charge in [-0.1, -0.05) is 36.8 Å². The Hall–Kier alpha value is -0.860. The molecular formula is C20H32O2. The third-order valence-electron chi connectivity index (χ3n) is 5.21. The topological polar surface area (TPSA) is 32.8 Å². The van der Waals surface area contributed by atoms with Gasteiger partial charge >= 0.3 is 0 Å². The van der Waals surface area contributed by atoms with Gasteiger partial charge in [-0.15, -0.1) is 0 Å². The lowest BCUT2D eigenvalue weighted by atomic mass is 9.80. The minimum Gasteiger partial charge on any atom is -0.392 e. The average molecular weight is 304 g/mol. The van der Waals surface area contributed by atoms with Gasteiger partial charge in [-0.3, -0.25) is 0 Å². The molecule has 2 heteroatoms. The number of fused-ring (bicyclic) bond motifs is 1. The van der Waals surface area contributed by atoms with E-state index in [-0.39, 0.29) is 6.61 Å². The minimum absolute atomic E-state index is 0.0943. The van der Waals surface area contributed by atoms with Gasteiger partial charge in [0.05, 0.1) is 18.8 Å². The predicted molar refractivity (Wildman–Crippen MR) is 92.8 cm³/mol. The number of allylic oxidation sites excluding steroid dienone is 4. The van der Waals surface area contributed by atoms with E-state index in [9.17, 15) is 5.11 Å². The molecule has 2 nitrogen and oxygen atoms in total. The van der Waals surface area contributed by atoms with E-state index in [0.29, 0.717) is 24.0 Å². The lowest BCUT2D eigenvalue weighted by Crippen LogP contribution is -2.19. The third kappa shape index (κ3) is 5.10. The largest absolute Gasteiger partial charge is 0.392 e. The van der Waals surface area contributed by atoms with E-state index in [1.807, 2.05) is 0 Å². The molecule has 2 aliphatic rings. The van der Waals surface area contributed by atoms with Crippen LogP contribution in [0.2, 0.25) is 0 Å². The van der Waals surface area contributed by atoms with Crippen LogP contribution in [0.4, 0.5) is 0 Å². The van der Waals surface area contributed by atoms with Crippen LogP contribution in [-0.2, 0) is 4.74 Å². The van der Waals surface area contributed by atoms with E-state index in [2.05, 4.69) is 39.5 Å². The van der Waals surface area contributed by atoms with Gasteiger partial charge in [-0.05, 0) is 69.8 Å². The molecule has 1 saturated heterocycles. The van der Waals surface area contributed by atoms with Gasteiger partial charge in [-0.25, -0.2) is 0 Å². The third-order valence-corrected chi connectivity index (χ3v) is 5.21. The van der Waals surface area contributed by atoms with Crippen molar-refractivity contribution < 1.29 is 9.84 Å². The summed E-state index contributed by atoms with van der Waals surface area (Å²) in [6.07, 6.45) is 12.2. The van der Waals surface area contributed by atoms with Crippen LogP contribution >= 0.6 is 0 Å². The molecule has 1 heterocycles. The van der Waals surface area contributed by atoms with E-state index in [4.69, 9.17) is 4.74 Å². The number of aliphatic hydroxyl groups is 1. The molecular weight excluding hydrogens is 272 g/mol. The Labute approximate surface area is 136 Å². The Balaban J connectivity index is 2.08. The maximum Gasteiger partial charge on any atom is 0.0847 e. The summed E-state index contributed by atoms with van der Waals surface area (Å²) in [5.41, 5.74) is 3.93. The van der Waals surface area contributed by atoms with Crippen LogP contribution < -0.4 is 0 Å². The summed E-state index contributed by atoms with van der Waals surface area (Å²) in [5.74, 6) is 0.879. The molecule has 0 amide bonds. The minimum atomic E-state index is 0.0943. The average Bonchev–Trinajstić information content (AvgIpc) is 3.21. The summed E-state index contributed by atoms with van der Waals surface area (Å²) in [4.78, 5) is 0. The highest BCUT2D eigenvalue weighted by atomic mass is 16.6. The molecule has 0 saturated carbocycles. The first-order valence-corrected chi connectivity index (χ1v) is 8.76. The summed E-state index contributed by atoms with van der Waals surface area (Å²) >= 11 is 0. The Kier molecular flexibility index (Phi) is 6.46. The van der Waals surface area contributed by atoms with Crippen molar-refractivity contribution in [1.82, 2.24) is 0 Å². The fraction of sp³-hybridized carbons (Fsp3) is 0.700. The van der Waals surface area contributed by atoms with Gasteiger partial charge in [0.15, 0.2) is 0 Å². The molecule has 0 aromatic rings. The summed E-state index contributed by atoms with van der Waals surface area (Å²) in [6, 6.07) is 0. The molecule has 124 valence electrons. The monoisotopic (exact) mass is 304 g/mol. The predicted octanol–water partition coefficient (Wildman–Crippen LogP) is 4.80. The van der Waals surface area contributed by atoms with Crippen LogP contribution in [0.1, 0.15) is 59.3 Å². The number of rotatable bonds is 2. The Morgan fingerprint density at radius 1 is 1.23 bits per heavy atom. The number of aliphatic hydroxyl groups excluding tert-OH is 1. The zero-order chi connectivity index (χ0) is 16.1. The van der Waals surface area contributed by atoms with Crippen molar-refractivity contribution in [1.29, 1.82) is 0 Å². The molecule has 1 aliphatic heterocycles. The smallest absolute Gasteiger partial charge is 0.0847 e. The van der Waals surface area contributed by atoms with Gasteiger partial charge in [0.25, 0.3) is 0 Å². The second-order valence-electron chi connectivity index (χ2n) is 7.27. The molecule has 4 atom stereocenters. The van der Waals surface area contributed by atoms with E-state index >= 15 is 0 Å². The van der Waals surface area contributed by atoms with Crippen LogP contribution in [0.25, 0.3) is 0 Å². The Morgan fingerprint density at radius 2 is 1.95 bits per heavy atom. The molecule has 0 aromatic heterocycles. The summed E-state index contributed by atoms with van der Waals surface area (Å²) in [5, 5.41) is 9.51. The number of ether oxygens (including phenoxy) is 1. The molecule has 22 heavy (non-hydrogen) atoms. The van der Waals surface area contributed by atoms with Crippen molar-refractivity contribution in [2.24, 2.45) is 11.8 Å². The van der Waals surface area contributed by atoms with E-state index in [1.165, 1.54) is 11.1 Å². The van der Waals surface area contributed by atoms with Crippen molar-refractivity contribution in [3.05, 3.63) is 35.5 Å². The Morgan fingerprint density at radius 3 is 2.68 bits per heavy atom. The van der Waals surface area contributed by atoms with Crippen LogP contribution in [0, 0.1) is 11.8 Å². The van der Waals surface area contributed by atoms with Crippen LogP contribution in [0.5, 0.6) is 0 Å². The normalized spacial score (nSPS) is 38.7. The summed E-state index contributed by atoms with van der Waals surface area (Å²) in [6.45, 7) is 11.0. The number of epoxide rings is 1. The molecule has 1 N–H and O–H groups in total. The van der Waals surface area contributed by atoms with Crippen LogP contribution in [-0.4, -0.2) is 23.9 Å². The molecule has 2 rings (SSSR count).